The predicted molar refractivity (Wildman–Crippen MR) is 71.2 cm³/mol. The Hall–Kier alpha value is -1.57. The quantitative estimate of drug-likeness (QED) is 0.820. The van der Waals surface area contributed by atoms with E-state index in [9.17, 15) is 13.2 Å². The van der Waals surface area contributed by atoms with Crippen molar-refractivity contribution in [3.63, 3.8) is 0 Å². The summed E-state index contributed by atoms with van der Waals surface area (Å²) in [5.41, 5.74) is 5.57. The SMILES string of the molecule is CS(=O)(=O)CC(=O)N1CCC(n2ccc(N)n2)CC1. The first-order valence-electron chi connectivity index (χ1n) is 6.11. The van der Waals surface area contributed by atoms with Gasteiger partial charge in [-0.15, -0.1) is 0 Å². The van der Waals surface area contributed by atoms with Crippen LogP contribution in [0.5, 0.6) is 0 Å². The summed E-state index contributed by atoms with van der Waals surface area (Å²) in [6.07, 6.45) is 4.42. The summed E-state index contributed by atoms with van der Waals surface area (Å²) in [6.45, 7) is 1.11. The van der Waals surface area contributed by atoms with Gasteiger partial charge in [0.15, 0.2) is 9.84 Å². The topological polar surface area (TPSA) is 98.3 Å². The molecule has 7 nitrogen and oxygen atoms in total. The summed E-state index contributed by atoms with van der Waals surface area (Å²) in [5.74, 6) is -0.247. The lowest BCUT2D eigenvalue weighted by Crippen LogP contribution is -2.41. The fourth-order valence-electron chi connectivity index (χ4n) is 2.25. The molecule has 19 heavy (non-hydrogen) atoms. The van der Waals surface area contributed by atoms with E-state index in [-0.39, 0.29) is 11.9 Å². The molecular formula is C11H18N4O3S. The number of sulfone groups is 1. The summed E-state index contributed by atoms with van der Waals surface area (Å²) in [4.78, 5) is 13.4. The summed E-state index contributed by atoms with van der Waals surface area (Å²) in [7, 11) is -3.26. The molecule has 2 rings (SSSR count). The number of amides is 1. The maximum absolute atomic E-state index is 11.8. The number of carbonyl (C=O) groups excluding carboxylic acids is 1. The second kappa shape index (κ2) is 5.20. The highest BCUT2D eigenvalue weighted by Gasteiger charge is 2.25. The molecule has 0 unspecified atom stereocenters. The van der Waals surface area contributed by atoms with Crippen molar-refractivity contribution in [3.8, 4) is 0 Å². The van der Waals surface area contributed by atoms with Crippen LogP contribution in [0.15, 0.2) is 12.3 Å². The Morgan fingerprint density at radius 2 is 2.11 bits per heavy atom. The number of aromatic nitrogens is 2. The van der Waals surface area contributed by atoms with Crippen molar-refractivity contribution in [1.29, 1.82) is 0 Å². The van der Waals surface area contributed by atoms with E-state index in [1.165, 1.54) is 0 Å². The Morgan fingerprint density at radius 3 is 2.58 bits per heavy atom. The van der Waals surface area contributed by atoms with E-state index < -0.39 is 15.6 Å². The highest BCUT2D eigenvalue weighted by atomic mass is 32.2. The van der Waals surface area contributed by atoms with Crippen LogP contribution >= 0.6 is 0 Å². The lowest BCUT2D eigenvalue weighted by molar-refractivity contribution is -0.129. The summed E-state index contributed by atoms with van der Waals surface area (Å²) < 4.78 is 24.0. The molecule has 1 amide bonds. The van der Waals surface area contributed by atoms with Gasteiger partial charge in [-0.3, -0.25) is 9.48 Å². The Bertz CT molecular complexity index is 558. The van der Waals surface area contributed by atoms with Crippen molar-refractivity contribution in [3.05, 3.63) is 12.3 Å². The van der Waals surface area contributed by atoms with E-state index in [4.69, 9.17) is 5.73 Å². The number of hydrogen-bond acceptors (Lipinski definition) is 5. The lowest BCUT2D eigenvalue weighted by Gasteiger charge is -2.32. The van der Waals surface area contributed by atoms with E-state index in [1.807, 2.05) is 10.9 Å². The third-order valence-corrected chi connectivity index (χ3v) is 3.98. The summed E-state index contributed by atoms with van der Waals surface area (Å²) >= 11 is 0. The van der Waals surface area contributed by atoms with Crippen LogP contribution in [0.4, 0.5) is 5.82 Å². The molecule has 0 atom stereocenters. The molecule has 1 aromatic rings. The lowest BCUT2D eigenvalue weighted by atomic mass is 10.1. The standard InChI is InChI=1S/C11H18N4O3S/c1-19(17,18)8-11(16)14-5-2-9(3-6-14)15-7-4-10(12)13-15/h4,7,9H,2-3,5-6,8H2,1H3,(H2,12,13). The largest absolute Gasteiger partial charge is 0.382 e. The normalized spacial score (nSPS) is 17.6. The predicted octanol–water partition coefficient (Wildman–Crippen LogP) is -0.327. The minimum Gasteiger partial charge on any atom is -0.382 e. The smallest absolute Gasteiger partial charge is 0.237 e. The second-order valence-corrected chi connectivity index (χ2v) is 7.04. The van der Waals surface area contributed by atoms with E-state index in [1.54, 1.807) is 11.0 Å². The maximum atomic E-state index is 11.8. The van der Waals surface area contributed by atoms with Crippen LogP contribution in [0.3, 0.4) is 0 Å². The van der Waals surface area contributed by atoms with Gasteiger partial charge in [0.05, 0.1) is 6.04 Å². The zero-order valence-corrected chi connectivity index (χ0v) is 11.6. The van der Waals surface area contributed by atoms with Gasteiger partial charge < -0.3 is 10.6 Å². The number of nitrogens with two attached hydrogens (primary N) is 1. The van der Waals surface area contributed by atoms with Crippen LogP contribution < -0.4 is 5.73 Å². The van der Waals surface area contributed by atoms with Crippen molar-refractivity contribution in [2.75, 3.05) is 30.8 Å². The highest BCUT2D eigenvalue weighted by Crippen LogP contribution is 2.22. The third kappa shape index (κ3) is 3.69. The number of hydrogen-bond donors (Lipinski definition) is 1. The molecule has 0 aromatic carbocycles. The zero-order valence-electron chi connectivity index (χ0n) is 10.8. The molecule has 8 heteroatoms. The number of piperidine rings is 1. The van der Waals surface area contributed by atoms with Crippen LogP contribution in [-0.4, -0.2) is 54.1 Å². The molecule has 1 aliphatic rings. The van der Waals surface area contributed by atoms with Crippen LogP contribution in [-0.2, 0) is 14.6 Å². The Labute approximate surface area is 112 Å². The molecule has 106 valence electrons. The molecule has 2 heterocycles. The van der Waals surface area contributed by atoms with Gasteiger partial charge in [0, 0.05) is 25.5 Å². The zero-order chi connectivity index (χ0) is 14.0. The fourth-order valence-corrected chi connectivity index (χ4v) is 2.88. The minimum absolute atomic E-state index is 0.222. The van der Waals surface area contributed by atoms with E-state index in [0.29, 0.717) is 18.9 Å². The number of anilines is 1. The average Bonchev–Trinajstić information content (AvgIpc) is 2.74. The Kier molecular flexibility index (Phi) is 3.79. The first-order valence-corrected chi connectivity index (χ1v) is 8.17. The molecular weight excluding hydrogens is 268 g/mol. The van der Waals surface area contributed by atoms with Crippen molar-refractivity contribution in [2.24, 2.45) is 0 Å². The first kappa shape index (κ1) is 13.9. The molecule has 1 aliphatic heterocycles. The first-order chi connectivity index (χ1) is 8.85. The third-order valence-electron chi connectivity index (χ3n) is 3.21. The number of likely N-dealkylation sites (tertiary alicyclic amines) is 1. The van der Waals surface area contributed by atoms with E-state index >= 15 is 0 Å². The van der Waals surface area contributed by atoms with E-state index in [0.717, 1.165) is 19.1 Å². The molecule has 0 aliphatic carbocycles. The molecule has 0 spiro atoms. The molecule has 0 bridgehead atoms. The van der Waals surface area contributed by atoms with Gasteiger partial charge in [0.25, 0.3) is 0 Å². The molecule has 0 radical (unpaired) electrons. The van der Waals surface area contributed by atoms with Crippen LogP contribution in [0.1, 0.15) is 18.9 Å². The summed E-state index contributed by atoms with van der Waals surface area (Å²) in [6, 6.07) is 1.96. The van der Waals surface area contributed by atoms with Crippen LogP contribution in [0.2, 0.25) is 0 Å². The van der Waals surface area contributed by atoms with E-state index in [2.05, 4.69) is 5.10 Å². The van der Waals surface area contributed by atoms with Crippen molar-refractivity contribution >= 4 is 21.6 Å². The maximum Gasteiger partial charge on any atom is 0.237 e. The minimum atomic E-state index is -3.26. The van der Waals surface area contributed by atoms with Gasteiger partial charge in [-0.25, -0.2) is 8.42 Å². The summed E-state index contributed by atoms with van der Waals surface area (Å²) in [5, 5.41) is 4.16. The van der Waals surface area contributed by atoms with Crippen molar-refractivity contribution in [1.82, 2.24) is 14.7 Å². The van der Waals surface area contributed by atoms with Crippen LogP contribution in [0.25, 0.3) is 0 Å². The number of carbonyl (C=O) groups is 1. The fraction of sp³-hybridized carbons (Fsp3) is 0.636. The van der Waals surface area contributed by atoms with Crippen molar-refractivity contribution < 1.29 is 13.2 Å². The van der Waals surface area contributed by atoms with Gasteiger partial charge in [0.2, 0.25) is 5.91 Å². The van der Waals surface area contributed by atoms with Crippen molar-refractivity contribution in [2.45, 2.75) is 18.9 Å². The van der Waals surface area contributed by atoms with Crippen LogP contribution in [0, 0.1) is 0 Å². The molecule has 1 fully saturated rings. The average molecular weight is 286 g/mol. The Morgan fingerprint density at radius 1 is 1.47 bits per heavy atom. The molecule has 1 saturated heterocycles. The molecule has 2 N–H and O–H groups in total. The number of nitrogen functional groups attached to an aromatic ring is 1. The number of rotatable bonds is 3. The van der Waals surface area contributed by atoms with Gasteiger partial charge in [-0.05, 0) is 18.9 Å². The second-order valence-electron chi connectivity index (χ2n) is 4.90. The molecule has 1 aromatic heterocycles. The van der Waals surface area contributed by atoms with Gasteiger partial charge in [-0.2, -0.15) is 5.10 Å². The van der Waals surface area contributed by atoms with Gasteiger partial charge in [-0.1, -0.05) is 0 Å². The monoisotopic (exact) mass is 286 g/mol. The number of nitrogens with zero attached hydrogens (tertiary/aromatic N) is 3. The Balaban J connectivity index is 1.90. The molecule has 0 saturated carbocycles. The van der Waals surface area contributed by atoms with Gasteiger partial charge >= 0.3 is 0 Å². The van der Waals surface area contributed by atoms with Gasteiger partial charge in [0.1, 0.15) is 11.6 Å². The highest BCUT2D eigenvalue weighted by molar-refractivity contribution is 7.91.